The Morgan fingerprint density at radius 2 is 1.93 bits per heavy atom. The number of methoxy groups -OCH3 is 2. The fourth-order valence-electron chi connectivity index (χ4n) is 4.11. The van der Waals surface area contributed by atoms with Gasteiger partial charge in [-0.15, -0.1) is 11.3 Å². The number of nitrogens with one attached hydrogen (secondary N) is 2. The van der Waals surface area contributed by atoms with Crippen molar-refractivity contribution < 1.29 is 19.2 Å². The molecule has 0 radical (unpaired) electrons. The standard InChI is InChI=1S/C24H26N2O3S/c1-28-19-9-10-20(22(14-19)29-2)24(27)25-15-21(23-8-5-13-30-23)26-12-11-17-6-3-4-7-18(17)16-26/h3-10,13-14,21H,11-12,15-16H2,1-2H3,(H,25,27)/p+1/t21-/m1/s1. The van der Waals surface area contributed by atoms with Gasteiger partial charge in [-0.2, -0.15) is 0 Å². The van der Waals surface area contributed by atoms with Crippen molar-refractivity contribution in [2.75, 3.05) is 27.3 Å². The van der Waals surface area contributed by atoms with Gasteiger partial charge in [0.25, 0.3) is 5.91 Å². The molecule has 1 unspecified atom stereocenters. The lowest BCUT2D eigenvalue weighted by Crippen LogP contribution is -3.12. The van der Waals surface area contributed by atoms with Crippen molar-refractivity contribution in [3.8, 4) is 11.5 Å². The molecule has 0 spiro atoms. The summed E-state index contributed by atoms with van der Waals surface area (Å²) in [5.74, 6) is 1.04. The summed E-state index contributed by atoms with van der Waals surface area (Å²) < 4.78 is 10.6. The van der Waals surface area contributed by atoms with Crippen LogP contribution in [0, 0.1) is 0 Å². The second-order valence-corrected chi connectivity index (χ2v) is 8.43. The van der Waals surface area contributed by atoms with E-state index in [0.29, 0.717) is 23.6 Å². The molecular formula is C24H27N2O3S+. The fourth-order valence-corrected chi connectivity index (χ4v) is 5.00. The molecule has 0 fully saturated rings. The zero-order valence-electron chi connectivity index (χ0n) is 17.3. The van der Waals surface area contributed by atoms with E-state index in [2.05, 4.69) is 47.1 Å². The van der Waals surface area contributed by atoms with Crippen molar-refractivity contribution in [3.63, 3.8) is 0 Å². The first-order valence-corrected chi connectivity index (χ1v) is 11.0. The van der Waals surface area contributed by atoms with Crippen LogP contribution in [-0.2, 0) is 13.0 Å². The Morgan fingerprint density at radius 1 is 1.10 bits per heavy atom. The summed E-state index contributed by atoms with van der Waals surface area (Å²) in [6, 6.07) is 18.4. The highest BCUT2D eigenvalue weighted by atomic mass is 32.1. The SMILES string of the molecule is COc1ccc(C(=O)NC[C@H](c2cccs2)[NH+]2CCc3ccccc3C2)c(OC)c1. The van der Waals surface area contributed by atoms with Gasteiger partial charge in [0.2, 0.25) is 0 Å². The summed E-state index contributed by atoms with van der Waals surface area (Å²) in [5, 5.41) is 5.25. The minimum atomic E-state index is -0.132. The smallest absolute Gasteiger partial charge is 0.255 e. The summed E-state index contributed by atoms with van der Waals surface area (Å²) in [6.07, 6.45) is 1.06. The van der Waals surface area contributed by atoms with E-state index in [4.69, 9.17) is 9.47 Å². The predicted octanol–water partition coefficient (Wildman–Crippen LogP) is 2.88. The molecule has 2 heterocycles. The van der Waals surface area contributed by atoms with Crippen molar-refractivity contribution in [1.82, 2.24) is 5.32 Å². The van der Waals surface area contributed by atoms with Crippen LogP contribution < -0.4 is 19.7 Å². The molecule has 3 aromatic rings. The van der Waals surface area contributed by atoms with E-state index in [1.165, 1.54) is 20.9 Å². The third-order valence-electron chi connectivity index (χ3n) is 5.75. The highest BCUT2D eigenvalue weighted by molar-refractivity contribution is 7.10. The third-order valence-corrected chi connectivity index (χ3v) is 6.74. The summed E-state index contributed by atoms with van der Waals surface area (Å²) in [6.45, 7) is 2.60. The van der Waals surface area contributed by atoms with Crippen molar-refractivity contribution in [1.29, 1.82) is 0 Å². The van der Waals surface area contributed by atoms with E-state index in [9.17, 15) is 4.79 Å². The van der Waals surface area contributed by atoms with Crippen molar-refractivity contribution in [3.05, 3.63) is 81.5 Å². The third kappa shape index (κ3) is 4.35. The number of carbonyl (C=O) groups is 1. The molecule has 4 rings (SSSR count). The molecule has 0 saturated carbocycles. The summed E-state index contributed by atoms with van der Waals surface area (Å²) >= 11 is 1.75. The second kappa shape index (κ2) is 9.32. The van der Waals surface area contributed by atoms with Gasteiger partial charge in [0.15, 0.2) is 0 Å². The van der Waals surface area contributed by atoms with Crippen LogP contribution in [0.1, 0.15) is 32.4 Å². The summed E-state index contributed by atoms with van der Waals surface area (Å²) in [7, 11) is 3.16. The van der Waals surface area contributed by atoms with E-state index >= 15 is 0 Å². The van der Waals surface area contributed by atoms with E-state index in [-0.39, 0.29) is 11.9 Å². The molecule has 0 aliphatic carbocycles. The molecule has 30 heavy (non-hydrogen) atoms. The highest BCUT2D eigenvalue weighted by Crippen LogP contribution is 2.25. The molecule has 156 valence electrons. The Balaban J connectivity index is 1.51. The maximum atomic E-state index is 12.9. The molecule has 1 amide bonds. The van der Waals surface area contributed by atoms with Gasteiger partial charge in [0.1, 0.15) is 24.1 Å². The van der Waals surface area contributed by atoms with Gasteiger partial charge < -0.3 is 19.7 Å². The van der Waals surface area contributed by atoms with E-state index in [1.807, 2.05) is 0 Å². The number of rotatable bonds is 7. The predicted molar refractivity (Wildman–Crippen MR) is 119 cm³/mol. The maximum Gasteiger partial charge on any atom is 0.255 e. The van der Waals surface area contributed by atoms with Crippen LogP contribution in [0.3, 0.4) is 0 Å². The molecular weight excluding hydrogens is 396 g/mol. The molecule has 1 aliphatic heterocycles. The molecule has 1 aliphatic rings. The Bertz CT molecular complexity index is 1000. The molecule has 0 saturated heterocycles. The van der Waals surface area contributed by atoms with E-state index < -0.39 is 0 Å². The molecule has 0 bridgehead atoms. The van der Waals surface area contributed by atoms with Crippen molar-refractivity contribution in [2.45, 2.75) is 19.0 Å². The van der Waals surface area contributed by atoms with Gasteiger partial charge in [0, 0.05) is 18.1 Å². The van der Waals surface area contributed by atoms with Crippen LogP contribution in [0.4, 0.5) is 0 Å². The first-order chi connectivity index (χ1) is 14.7. The van der Waals surface area contributed by atoms with Gasteiger partial charge in [-0.25, -0.2) is 0 Å². The summed E-state index contributed by atoms with van der Waals surface area (Å²) in [5.41, 5.74) is 3.36. The zero-order valence-corrected chi connectivity index (χ0v) is 18.1. The molecule has 2 N–H and O–H groups in total. The highest BCUT2D eigenvalue weighted by Gasteiger charge is 2.29. The molecule has 2 aromatic carbocycles. The number of hydrogen-bond donors (Lipinski definition) is 2. The monoisotopic (exact) mass is 423 g/mol. The van der Waals surface area contributed by atoms with E-state index in [1.54, 1.807) is 43.8 Å². The lowest BCUT2D eigenvalue weighted by atomic mass is 9.98. The van der Waals surface area contributed by atoms with Crippen LogP contribution in [0.2, 0.25) is 0 Å². The van der Waals surface area contributed by atoms with Crippen molar-refractivity contribution in [2.24, 2.45) is 0 Å². The molecule has 5 nitrogen and oxygen atoms in total. The van der Waals surface area contributed by atoms with Crippen LogP contribution >= 0.6 is 11.3 Å². The number of carbonyl (C=O) groups excluding carboxylic acids is 1. The van der Waals surface area contributed by atoms with Gasteiger partial charge in [0.05, 0.1) is 37.7 Å². The number of fused-ring (bicyclic) bond motifs is 1. The van der Waals surface area contributed by atoms with Gasteiger partial charge in [-0.1, -0.05) is 30.3 Å². The Kier molecular flexibility index (Phi) is 6.35. The van der Waals surface area contributed by atoms with Crippen LogP contribution in [0.15, 0.2) is 60.0 Å². The number of benzene rings is 2. The Morgan fingerprint density at radius 3 is 2.67 bits per heavy atom. The lowest BCUT2D eigenvalue weighted by molar-refractivity contribution is -0.945. The first kappa shape index (κ1) is 20.4. The zero-order chi connectivity index (χ0) is 20.9. The van der Waals surface area contributed by atoms with Crippen LogP contribution in [0.25, 0.3) is 0 Å². The average Bonchev–Trinajstić information content (AvgIpc) is 3.33. The lowest BCUT2D eigenvalue weighted by Gasteiger charge is -2.32. The Labute approximate surface area is 181 Å². The molecule has 2 atom stereocenters. The Hall–Kier alpha value is -2.83. The molecule has 6 heteroatoms. The maximum absolute atomic E-state index is 12.9. The topological polar surface area (TPSA) is 52.0 Å². The van der Waals surface area contributed by atoms with Gasteiger partial charge in [-0.05, 0) is 29.1 Å². The number of quaternary nitrogens is 1. The van der Waals surface area contributed by atoms with Crippen LogP contribution in [0.5, 0.6) is 11.5 Å². The number of hydrogen-bond acceptors (Lipinski definition) is 4. The minimum Gasteiger partial charge on any atom is -0.497 e. The summed E-state index contributed by atoms with van der Waals surface area (Å²) in [4.78, 5) is 15.7. The first-order valence-electron chi connectivity index (χ1n) is 10.1. The van der Waals surface area contributed by atoms with Gasteiger partial charge in [-0.3, -0.25) is 4.79 Å². The van der Waals surface area contributed by atoms with Gasteiger partial charge >= 0.3 is 0 Å². The largest absolute Gasteiger partial charge is 0.497 e. The normalized spacial score (nSPS) is 16.4. The average molecular weight is 424 g/mol. The van der Waals surface area contributed by atoms with E-state index in [0.717, 1.165) is 19.5 Å². The second-order valence-electron chi connectivity index (χ2n) is 7.45. The quantitative estimate of drug-likeness (QED) is 0.615. The fraction of sp³-hybridized carbons (Fsp3) is 0.292. The number of thiophene rings is 1. The van der Waals surface area contributed by atoms with Crippen LogP contribution in [-0.4, -0.2) is 33.2 Å². The minimum absolute atomic E-state index is 0.132. The number of amides is 1. The molecule has 1 aromatic heterocycles. The number of ether oxygens (including phenoxy) is 2. The van der Waals surface area contributed by atoms with Crippen molar-refractivity contribution >= 4 is 17.2 Å².